The first-order valence-corrected chi connectivity index (χ1v) is 10.0. The number of methoxy groups -OCH3 is 1. The van der Waals surface area contributed by atoms with Crippen LogP contribution in [0.4, 0.5) is 0 Å². The summed E-state index contributed by atoms with van der Waals surface area (Å²) in [4.78, 5) is 12.5. The summed E-state index contributed by atoms with van der Waals surface area (Å²) in [6.07, 6.45) is 0. The second-order valence-corrected chi connectivity index (χ2v) is 7.53. The molecule has 8 heteroatoms. The van der Waals surface area contributed by atoms with Crippen LogP contribution in [0.2, 0.25) is 0 Å². The monoisotopic (exact) mass is 392 g/mol. The predicted molar refractivity (Wildman–Crippen MR) is 103 cm³/mol. The lowest BCUT2D eigenvalue weighted by atomic mass is 10.1. The van der Waals surface area contributed by atoms with Crippen molar-refractivity contribution in [1.29, 1.82) is 0 Å². The minimum atomic E-state index is -3.62. The van der Waals surface area contributed by atoms with Gasteiger partial charge in [0.2, 0.25) is 10.0 Å². The summed E-state index contributed by atoms with van der Waals surface area (Å²) < 4.78 is 37.3. The highest BCUT2D eigenvalue weighted by Crippen LogP contribution is 2.19. The van der Waals surface area contributed by atoms with E-state index < -0.39 is 10.0 Å². The average molecular weight is 392 g/mol. The number of hydrogen-bond acceptors (Lipinski definition) is 5. The standard InChI is InChI=1S/C19H24N2O5S/c1-4-21-27(23,24)17-9-8-14(2)18(13-17)19(22)20-10-11-26-16-7-5-6-15(12-16)25-3/h5-9,12-13,21H,4,10-11H2,1-3H3,(H,20,22). The van der Waals surface area contributed by atoms with E-state index in [9.17, 15) is 13.2 Å². The third-order valence-electron chi connectivity index (χ3n) is 3.80. The molecule has 146 valence electrons. The topological polar surface area (TPSA) is 93.7 Å². The number of benzene rings is 2. The number of hydrogen-bond donors (Lipinski definition) is 2. The van der Waals surface area contributed by atoms with Crippen LogP contribution in [0, 0.1) is 6.92 Å². The first-order chi connectivity index (χ1) is 12.9. The minimum absolute atomic E-state index is 0.0627. The molecule has 2 aromatic carbocycles. The van der Waals surface area contributed by atoms with Gasteiger partial charge in [-0.15, -0.1) is 0 Å². The van der Waals surface area contributed by atoms with Crippen LogP contribution < -0.4 is 19.5 Å². The zero-order chi connectivity index (χ0) is 19.9. The van der Waals surface area contributed by atoms with Crippen molar-refractivity contribution in [3.8, 4) is 11.5 Å². The summed E-state index contributed by atoms with van der Waals surface area (Å²) >= 11 is 0. The highest BCUT2D eigenvalue weighted by Gasteiger charge is 2.17. The highest BCUT2D eigenvalue weighted by molar-refractivity contribution is 7.89. The minimum Gasteiger partial charge on any atom is -0.497 e. The molecule has 0 unspecified atom stereocenters. The van der Waals surface area contributed by atoms with Crippen molar-refractivity contribution in [2.75, 3.05) is 26.8 Å². The van der Waals surface area contributed by atoms with Gasteiger partial charge < -0.3 is 14.8 Å². The van der Waals surface area contributed by atoms with E-state index in [4.69, 9.17) is 9.47 Å². The molecule has 2 rings (SSSR count). The van der Waals surface area contributed by atoms with Crippen molar-refractivity contribution in [1.82, 2.24) is 10.0 Å². The van der Waals surface area contributed by atoms with Crippen molar-refractivity contribution in [2.24, 2.45) is 0 Å². The summed E-state index contributed by atoms with van der Waals surface area (Å²) in [6.45, 7) is 4.28. The number of carbonyl (C=O) groups is 1. The second-order valence-electron chi connectivity index (χ2n) is 5.76. The third kappa shape index (κ3) is 5.70. The molecule has 0 aliphatic rings. The SMILES string of the molecule is CCNS(=O)(=O)c1ccc(C)c(C(=O)NCCOc2cccc(OC)c2)c1. The molecule has 7 nitrogen and oxygen atoms in total. The van der Waals surface area contributed by atoms with E-state index >= 15 is 0 Å². The Morgan fingerprint density at radius 2 is 1.85 bits per heavy atom. The highest BCUT2D eigenvalue weighted by atomic mass is 32.2. The number of sulfonamides is 1. The van der Waals surface area contributed by atoms with Crippen molar-refractivity contribution < 1.29 is 22.7 Å². The maximum atomic E-state index is 12.4. The Morgan fingerprint density at radius 1 is 1.11 bits per heavy atom. The summed E-state index contributed by atoms with van der Waals surface area (Å²) in [7, 11) is -2.04. The first-order valence-electron chi connectivity index (χ1n) is 8.52. The smallest absolute Gasteiger partial charge is 0.251 e. The molecule has 27 heavy (non-hydrogen) atoms. The number of amides is 1. The number of aryl methyl sites for hydroxylation is 1. The zero-order valence-corrected chi connectivity index (χ0v) is 16.4. The van der Waals surface area contributed by atoms with E-state index in [2.05, 4.69) is 10.0 Å². The number of ether oxygens (including phenoxy) is 2. The molecule has 0 aromatic heterocycles. The van der Waals surface area contributed by atoms with Crippen LogP contribution in [0.1, 0.15) is 22.8 Å². The lowest BCUT2D eigenvalue weighted by molar-refractivity contribution is 0.0946. The van der Waals surface area contributed by atoms with E-state index in [1.54, 1.807) is 39.2 Å². The zero-order valence-electron chi connectivity index (χ0n) is 15.6. The lowest BCUT2D eigenvalue weighted by Gasteiger charge is -2.11. The van der Waals surface area contributed by atoms with Gasteiger partial charge in [0.15, 0.2) is 0 Å². The Bertz CT molecular complexity index is 897. The Labute approximate surface area is 159 Å². The van der Waals surface area contributed by atoms with Crippen molar-refractivity contribution in [3.63, 3.8) is 0 Å². The van der Waals surface area contributed by atoms with E-state index in [0.717, 1.165) is 0 Å². The Balaban J connectivity index is 1.97. The van der Waals surface area contributed by atoms with Gasteiger partial charge in [0.1, 0.15) is 18.1 Å². The number of carbonyl (C=O) groups excluding carboxylic acids is 1. The van der Waals surface area contributed by atoms with E-state index in [1.165, 1.54) is 12.1 Å². The molecule has 2 N–H and O–H groups in total. The molecule has 0 heterocycles. The summed E-state index contributed by atoms with van der Waals surface area (Å²) in [5, 5.41) is 2.74. The quantitative estimate of drug-likeness (QED) is 0.638. The van der Waals surface area contributed by atoms with E-state index in [1.807, 2.05) is 12.1 Å². The summed E-state index contributed by atoms with van der Waals surface area (Å²) in [5.41, 5.74) is 1.01. The molecule has 1 amide bonds. The largest absolute Gasteiger partial charge is 0.497 e. The molecule has 0 spiro atoms. The molecule has 0 atom stereocenters. The molecule has 0 saturated carbocycles. The number of rotatable bonds is 9. The fourth-order valence-electron chi connectivity index (χ4n) is 2.41. The van der Waals surface area contributed by atoms with Crippen LogP contribution in [0.5, 0.6) is 11.5 Å². The van der Waals surface area contributed by atoms with Gasteiger partial charge in [0.25, 0.3) is 5.91 Å². The van der Waals surface area contributed by atoms with E-state index in [0.29, 0.717) is 22.6 Å². The fraction of sp³-hybridized carbons (Fsp3) is 0.316. The predicted octanol–water partition coefficient (Wildman–Crippen LogP) is 2.11. The fourth-order valence-corrected chi connectivity index (χ4v) is 3.47. The molecular weight excluding hydrogens is 368 g/mol. The molecule has 0 aliphatic carbocycles. The van der Waals surface area contributed by atoms with Gasteiger partial charge >= 0.3 is 0 Å². The second kappa shape index (κ2) is 9.38. The van der Waals surface area contributed by atoms with Gasteiger partial charge in [-0.3, -0.25) is 4.79 Å². The van der Waals surface area contributed by atoms with Gasteiger partial charge in [-0.2, -0.15) is 0 Å². The molecule has 0 bridgehead atoms. The first kappa shape index (κ1) is 20.7. The Kier molecular flexibility index (Phi) is 7.20. The lowest BCUT2D eigenvalue weighted by Crippen LogP contribution is -2.29. The molecule has 2 aromatic rings. The summed E-state index contributed by atoms with van der Waals surface area (Å²) in [6, 6.07) is 11.6. The van der Waals surface area contributed by atoms with Crippen LogP contribution in [0.25, 0.3) is 0 Å². The maximum Gasteiger partial charge on any atom is 0.251 e. The van der Waals surface area contributed by atoms with Crippen molar-refractivity contribution in [2.45, 2.75) is 18.7 Å². The Hall–Kier alpha value is -2.58. The van der Waals surface area contributed by atoms with Crippen LogP contribution in [-0.2, 0) is 10.0 Å². The molecule has 0 fully saturated rings. The number of nitrogens with one attached hydrogen (secondary N) is 2. The summed E-state index contributed by atoms with van der Waals surface area (Å²) in [5.74, 6) is 0.972. The molecule has 0 aliphatic heterocycles. The van der Waals surface area contributed by atoms with Crippen molar-refractivity contribution >= 4 is 15.9 Å². The normalized spacial score (nSPS) is 11.1. The van der Waals surface area contributed by atoms with Crippen LogP contribution in [0.3, 0.4) is 0 Å². The van der Waals surface area contributed by atoms with E-state index in [-0.39, 0.29) is 30.5 Å². The van der Waals surface area contributed by atoms with Crippen LogP contribution in [-0.4, -0.2) is 41.1 Å². The van der Waals surface area contributed by atoms with Crippen molar-refractivity contribution in [3.05, 3.63) is 53.6 Å². The molecule has 0 saturated heterocycles. The maximum absolute atomic E-state index is 12.4. The van der Waals surface area contributed by atoms with Gasteiger partial charge in [-0.25, -0.2) is 13.1 Å². The van der Waals surface area contributed by atoms with Gasteiger partial charge in [0, 0.05) is 18.2 Å². The van der Waals surface area contributed by atoms with Crippen LogP contribution >= 0.6 is 0 Å². The van der Waals surface area contributed by atoms with Gasteiger partial charge in [-0.05, 0) is 36.8 Å². The van der Waals surface area contributed by atoms with Crippen LogP contribution in [0.15, 0.2) is 47.4 Å². The average Bonchev–Trinajstić information content (AvgIpc) is 2.65. The van der Waals surface area contributed by atoms with Gasteiger partial charge in [0.05, 0.1) is 18.6 Å². The Morgan fingerprint density at radius 3 is 2.56 bits per heavy atom. The third-order valence-corrected chi connectivity index (χ3v) is 5.34. The molecular formula is C19H24N2O5S. The molecule has 0 radical (unpaired) electrons. The van der Waals surface area contributed by atoms with Gasteiger partial charge in [-0.1, -0.05) is 19.1 Å².